The highest BCUT2D eigenvalue weighted by atomic mass is 32.2. The highest BCUT2D eigenvalue weighted by Crippen LogP contribution is 2.23. The van der Waals surface area contributed by atoms with Gasteiger partial charge in [-0.05, 0) is 19.1 Å². The van der Waals surface area contributed by atoms with Gasteiger partial charge < -0.3 is 5.32 Å². The lowest BCUT2D eigenvalue weighted by Crippen LogP contribution is -2.16. The molecular weight excluding hydrogens is 308 g/mol. The number of aryl methyl sites for hydroxylation is 1. The third kappa shape index (κ3) is 4.95. The van der Waals surface area contributed by atoms with Crippen LogP contribution in [-0.2, 0) is 14.6 Å². The summed E-state index contributed by atoms with van der Waals surface area (Å²) in [5, 5.41) is 5.66. The average Bonchev–Trinajstić information content (AvgIpc) is 2.83. The van der Waals surface area contributed by atoms with Gasteiger partial charge >= 0.3 is 0 Å². The summed E-state index contributed by atoms with van der Waals surface area (Å²) >= 11 is 1.59. The van der Waals surface area contributed by atoms with Crippen LogP contribution in [0, 0.1) is 6.92 Å². The number of carbonyl (C=O) groups is 1. The average molecular weight is 324 g/mol. The lowest BCUT2D eigenvalue weighted by atomic mass is 10.1. The second-order valence-corrected chi connectivity index (χ2v) is 8.08. The fraction of sp³-hybridized carbons (Fsp3) is 0.286. The fourth-order valence-electron chi connectivity index (χ4n) is 1.72. The van der Waals surface area contributed by atoms with Crippen molar-refractivity contribution in [2.24, 2.45) is 0 Å². The Morgan fingerprint density at radius 1 is 1.29 bits per heavy atom. The molecule has 1 aromatic heterocycles. The Kier molecular flexibility index (Phi) is 4.74. The number of sulfone groups is 1. The van der Waals surface area contributed by atoms with Gasteiger partial charge in [0.2, 0.25) is 5.91 Å². The number of nitrogens with one attached hydrogen (secondary N) is 1. The molecule has 1 amide bonds. The smallest absolute Gasteiger partial charge is 0.225 e. The Morgan fingerprint density at radius 3 is 2.48 bits per heavy atom. The molecule has 0 saturated carbocycles. The maximum absolute atomic E-state index is 11.6. The standard InChI is InChI=1S/C14H16N2O3S2/c1-10-15-13(9-20-10)11-3-5-12(6-4-11)16-14(17)7-8-21(2,18)19/h3-6,9H,7-8H2,1-2H3,(H,16,17). The summed E-state index contributed by atoms with van der Waals surface area (Å²) in [5.74, 6) is -0.452. The van der Waals surface area contributed by atoms with Gasteiger partial charge in [-0.3, -0.25) is 4.79 Å². The fourth-order valence-corrected chi connectivity index (χ4v) is 2.90. The number of thiazole rings is 1. The first-order chi connectivity index (χ1) is 9.83. The highest BCUT2D eigenvalue weighted by molar-refractivity contribution is 7.90. The zero-order valence-corrected chi connectivity index (χ0v) is 13.4. The van der Waals surface area contributed by atoms with Crippen molar-refractivity contribution >= 4 is 32.8 Å². The van der Waals surface area contributed by atoms with E-state index in [0.717, 1.165) is 22.5 Å². The molecule has 0 radical (unpaired) electrons. The van der Waals surface area contributed by atoms with Gasteiger partial charge in [-0.25, -0.2) is 13.4 Å². The van der Waals surface area contributed by atoms with Gasteiger partial charge in [0.15, 0.2) is 0 Å². The van der Waals surface area contributed by atoms with Gasteiger partial charge in [0.1, 0.15) is 9.84 Å². The number of anilines is 1. The second-order valence-electron chi connectivity index (χ2n) is 4.76. The maximum atomic E-state index is 11.6. The number of carbonyl (C=O) groups excluding carboxylic acids is 1. The molecule has 0 fully saturated rings. The number of rotatable bonds is 5. The monoisotopic (exact) mass is 324 g/mol. The van der Waals surface area contributed by atoms with E-state index in [4.69, 9.17) is 0 Å². The number of amides is 1. The molecule has 0 unspecified atom stereocenters. The van der Waals surface area contributed by atoms with Crippen LogP contribution in [0.15, 0.2) is 29.6 Å². The Morgan fingerprint density at radius 2 is 1.95 bits per heavy atom. The van der Waals surface area contributed by atoms with E-state index in [1.54, 1.807) is 23.5 Å². The van der Waals surface area contributed by atoms with Crippen LogP contribution in [-0.4, -0.2) is 31.3 Å². The van der Waals surface area contributed by atoms with Crippen LogP contribution < -0.4 is 5.32 Å². The summed E-state index contributed by atoms with van der Waals surface area (Å²) in [7, 11) is -3.12. The number of nitrogens with zero attached hydrogens (tertiary/aromatic N) is 1. The van der Waals surface area contributed by atoms with Crippen LogP contribution in [0.1, 0.15) is 11.4 Å². The van der Waals surface area contributed by atoms with Crippen molar-refractivity contribution in [3.8, 4) is 11.3 Å². The van der Waals surface area contributed by atoms with Crippen molar-refractivity contribution in [2.75, 3.05) is 17.3 Å². The minimum absolute atomic E-state index is 0.0358. The van der Waals surface area contributed by atoms with Crippen LogP contribution in [0.5, 0.6) is 0 Å². The van der Waals surface area contributed by atoms with Crippen molar-refractivity contribution in [2.45, 2.75) is 13.3 Å². The molecule has 21 heavy (non-hydrogen) atoms. The minimum atomic E-state index is -3.12. The summed E-state index contributed by atoms with van der Waals surface area (Å²) in [6.07, 6.45) is 1.08. The Bertz CT molecular complexity index is 734. The van der Waals surface area contributed by atoms with E-state index in [1.807, 2.05) is 24.4 Å². The van der Waals surface area contributed by atoms with Gasteiger partial charge in [0, 0.05) is 29.3 Å². The molecule has 0 atom stereocenters. The van der Waals surface area contributed by atoms with Crippen molar-refractivity contribution in [1.29, 1.82) is 0 Å². The van der Waals surface area contributed by atoms with Gasteiger partial charge in [-0.1, -0.05) is 12.1 Å². The van der Waals surface area contributed by atoms with Crippen LogP contribution >= 0.6 is 11.3 Å². The first kappa shape index (κ1) is 15.7. The quantitative estimate of drug-likeness (QED) is 0.917. The van der Waals surface area contributed by atoms with Crippen molar-refractivity contribution in [3.63, 3.8) is 0 Å². The van der Waals surface area contributed by atoms with Gasteiger partial charge in [0.25, 0.3) is 0 Å². The molecule has 0 bridgehead atoms. The summed E-state index contributed by atoms with van der Waals surface area (Å²) in [6.45, 7) is 1.95. The first-order valence-corrected chi connectivity index (χ1v) is 9.28. The number of aromatic nitrogens is 1. The molecule has 5 nitrogen and oxygen atoms in total. The maximum Gasteiger partial charge on any atom is 0.225 e. The summed E-state index contributed by atoms with van der Waals surface area (Å²) in [4.78, 5) is 16.0. The molecule has 0 spiro atoms. The van der Waals surface area contributed by atoms with Gasteiger partial charge in [-0.2, -0.15) is 0 Å². The molecule has 2 aromatic rings. The number of hydrogen-bond acceptors (Lipinski definition) is 5. The minimum Gasteiger partial charge on any atom is -0.326 e. The number of benzene rings is 1. The van der Waals surface area contributed by atoms with E-state index in [-0.39, 0.29) is 18.1 Å². The molecule has 2 rings (SSSR count). The predicted molar refractivity (Wildman–Crippen MR) is 85.2 cm³/mol. The highest BCUT2D eigenvalue weighted by Gasteiger charge is 2.08. The third-order valence-corrected chi connectivity index (χ3v) is 4.50. The van der Waals surface area contributed by atoms with Crippen molar-refractivity contribution in [1.82, 2.24) is 4.98 Å². The molecule has 0 aliphatic rings. The molecule has 1 heterocycles. The largest absolute Gasteiger partial charge is 0.326 e. The lowest BCUT2D eigenvalue weighted by Gasteiger charge is -2.05. The van der Waals surface area contributed by atoms with Crippen molar-refractivity contribution in [3.05, 3.63) is 34.7 Å². The van der Waals surface area contributed by atoms with Crippen LogP contribution in [0.3, 0.4) is 0 Å². The second kappa shape index (κ2) is 6.36. The SMILES string of the molecule is Cc1nc(-c2ccc(NC(=O)CCS(C)(=O)=O)cc2)cs1. The van der Waals surface area contributed by atoms with E-state index in [9.17, 15) is 13.2 Å². The lowest BCUT2D eigenvalue weighted by molar-refractivity contribution is -0.115. The zero-order chi connectivity index (χ0) is 15.5. The van der Waals surface area contributed by atoms with Gasteiger partial charge in [0.05, 0.1) is 16.5 Å². The summed E-state index contributed by atoms with van der Waals surface area (Å²) in [5.41, 5.74) is 2.53. The Labute approximate surface area is 128 Å². The Balaban J connectivity index is 1.98. The molecule has 0 saturated heterocycles. The molecule has 0 aliphatic carbocycles. The summed E-state index contributed by atoms with van der Waals surface area (Å²) in [6, 6.07) is 7.31. The molecule has 7 heteroatoms. The number of hydrogen-bond donors (Lipinski definition) is 1. The first-order valence-electron chi connectivity index (χ1n) is 6.34. The molecule has 112 valence electrons. The van der Waals surface area contributed by atoms with E-state index in [0.29, 0.717) is 5.69 Å². The zero-order valence-electron chi connectivity index (χ0n) is 11.8. The molecule has 1 aromatic carbocycles. The summed E-state index contributed by atoms with van der Waals surface area (Å²) < 4.78 is 22.0. The van der Waals surface area contributed by atoms with E-state index in [1.165, 1.54) is 0 Å². The third-order valence-electron chi connectivity index (χ3n) is 2.78. The van der Waals surface area contributed by atoms with E-state index < -0.39 is 9.84 Å². The van der Waals surface area contributed by atoms with E-state index >= 15 is 0 Å². The Hall–Kier alpha value is -1.73. The molecular formula is C14H16N2O3S2. The van der Waals surface area contributed by atoms with E-state index in [2.05, 4.69) is 10.3 Å². The molecule has 0 aliphatic heterocycles. The topological polar surface area (TPSA) is 76.1 Å². The molecule has 1 N–H and O–H groups in total. The normalized spacial score (nSPS) is 11.3. The van der Waals surface area contributed by atoms with Crippen LogP contribution in [0.25, 0.3) is 11.3 Å². The van der Waals surface area contributed by atoms with Crippen molar-refractivity contribution < 1.29 is 13.2 Å². The van der Waals surface area contributed by atoms with Crippen LogP contribution in [0.2, 0.25) is 0 Å². The van der Waals surface area contributed by atoms with Crippen LogP contribution in [0.4, 0.5) is 5.69 Å². The van der Waals surface area contributed by atoms with Gasteiger partial charge in [-0.15, -0.1) is 11.3 Å². The predicted octanol–water partition coefficient (Wildman–Crippen LogP) is 2.49.